The molecule has 3 heterocycles. The minimum Gasteiger partial charge on any atom is -0.382 e. The van der Waals surface area contributed by atoms with Crippen LogP contribution >= 0.6 is 0 Å². The molecule has 0 aliphatic heterocycles. The lowest BCUT2D eigenvalue weighted by molar-refractivity contribution is 0.615. The lowest BCUT2D eigenvalue weighted by Crippen LogP contribution is -2.40. The molecule has 160 valence electrons. The van der Waals surface area contributed by atoms with E-state index in [1.807, 2.05) is 57.3 Å². The molecular formula is C23H26N6OS. The molecule has 4 rings (SSSR count). The Bertz CT molecular complexity index is 1290. The molecule has 0 aliphatic rings. The summed E-state index contributed by atoms with van der Waals surface area (Å²) in [7, 11) is -1.22. The van der Waals surface area contributed by atoms with Crippen LogP contribution in [-0.2, 0) is 17.4 Å². The highest BCUT2D eigenvalue weighted by atomic mass is 32.2. The third-order valence-corrected chi connectivity index (χ3v) is 6.72. The van der Waals surface area contributed by atoms with Gasteiger partial charge in [0.25, 0.3) is 0 Å². The summed E-state index contributed by atoms with van der Waals surface area (Å²) in [6, 6.07) is 11.9. The molecule has 0 radical (unpaired) electrons. The second-order valence-corrected chi connectivity index (χ2v) is 10.4. The van der Waals surface area contributed by atoms with Gasteiger partial charge in [0.05, 0.1) is 21.2 Å². The van der Waals surface area contributed by atoms with E-state index in [0.717, 1.165) is 33.2 Å². The average Bonchev–Trinajstić information content (AvgIpc) is 3.12. The topological polar surface area (TPSA) is 98.2 Å². The van der Waals surface area contributed by atoms with E-state index < -0.39 is 11.0 Å². The standard InChI is InChI=1S/C23H26N6OS/c1-5-17(28-31(30)23(2,3)4)11-18-12-19(21-22(24)26-14-27-29(18)21)16-10-15-8-6-7-9-20(15)25-13-16/h5-10,12-14,17,28H,1,11H2,2-4H3,(H2,24,26,27)/t17-,31+/m0/s1. The van der Waals surface area contributed by atoms with E-state index in [1.165, 1.54) is 6.33 Å². The fourth-order valence-corrected chi connectivity index (χ4v) is 4.24. The first-order valence-electron chi connectivity index (χ1n) is 10.0. The van der Waals surface area contributed by atoms with Gasteiger partial charge >= 0.3 is 0 Å². The van der Waals surface area contributed by atoms with Crippen LogP contribution in [0.1, 0.15) is 26.5 Å². The molecule has 0 bridgehead atoms. The van der Waals surface area contributed by atoms with Gasteiger partial charge in [-0.15, -0.1) is 6.58 Å². The molecule has 0 spiro atoms. The van der Waals surface area contributed by atoms with Gasteiger partial charge in [0.15, 0.2) is 5.82 Å². The van der Waals surface area contributed by atoms with Crippen molar-refractivity contribution in [1.29, 1.82) is 0 Å². The molecule has 8 heteroatoms. The number of nitrogens with zero attached hydrogens (tertiary/aromatic N) is 4. The molecule has 7 nitrogen and oxygen atoms in total. The predicted octanol–water partition coefficient (Wildman–Crippen LogP) is 3.68. The Labute approximate surface area is 184 Å². The number of nitrogen functional groups attached to an aromatic ring is 1. The third-order valence-electron chi connectivity index (χ3n) is 5.09. The van der Waals surface area contributed by atoms with Crippen LogP contribution < -0.4 is 10.5 Å². The van der Waals surface area contributed by atoms with Crippen molar-refractivity contribution in [1.82, 2.24) is 24.3 Å². The minimum absolute atomic E-state index is 0.197. The van der Waals surface area contributed by atoms with Crippen molar-refractivity contribution < 1.29 is 4.21 Å². The fourth-order valence-electron chi connectivity index (χ4n) is 3.43. The summed E-state index contributed by atoms with van der Waals surface area (Å²) in [4.78, 5) is 8.78. The lowest BCUT2D eigenvalue weighted by Gasteiger charge is -2.22. The quantitative estimate of drug-likeness (QED) is 0.451. The van der Waals surface area contributed by atoms with Crippen molar-refractivity contribution in [3.63, 3.8) is 0 Å². The smallest absolute Gasteiger partial charge is 0.151 e. The molecule has 0 amide bonds. The van der Waals surface area contributed by atoms with Crippen molar-refractivity contribution in [2.75, 3.05) is 5.73 Å². The predicted molar refractivity (Wildman–Crippen MR) is 127 cm³/mol. The normalized spacial score (nSPS) is 14.0. The number of hydrogen-bond donors (Lipinski definition) is 2. The average molecular weight is 435 g/mol. The molecule has 0 saturated carbocycles. The SMILES string of the molecule is C=C[C@@H](Cc1cc(-c2cnc3ccccc3c2)c2c(N)ncnn12)N[S@](=O)C(C)(C)C. The number of hydrogen-bond acceptors (Lipinski definition) is 5. The maximum atomic E-state index is 12.6. The van der Waals surface area contributed by atoms with Gasteiger partial charge in [0.1, 0.15) is 11.8 Å². The number of fused-ring (bicyclic) bond motifs is 2. The van der Waals surface area contributed by atoms with E-state index in [0.29, 0.717) is 12.2 Å². The Kier molecular flexibility index (Phi) is 5.60. The number of nitrogens with one attached hydrogen (secondary N) is 1. The number of aromatic nitrogens is 4. The number of rotatable bonds is 6. The lowest BCUT2D eigenvalue weighted by atomic mass is 10.1. The molecule has 3 aromatic heterocycles. The second-order valence-electron chi connectivity index (χ2n) is 8.42. The number of para-hydroxylation sites is 1. The molecule has 4 aromatic rings. The molecule has 0 unspecified atom stereocenters. The van der Waals surface area contributed by atoms with Crippen LogP contribution in [0.25, 0.3) is 27.5 Å². The van der Waals surface area contributed by atoms with Gasteiger partial charge in [0, 0.05) is 40.9 Å². The Hall–Kier alpha value is -3.10. The van der Waals surface area contributed by atoms with Crippen LogP contribution in [0.2, 0.25) is 0 Å². The van der Waals surface area contributed by atoms with E-state index in [-0.39, 0.29) is 10.8 Å². The highest BCUT2D eigenvalue weighted by Gasteiger charge is 2.23. The molecule has 1 aromatic carbocycles. The molecule has 0 fully saturated rings. The third kappa shape index (κ3) is 4.22. The van der Waals surface area contributed by atoms with Gasteiger partial charge in [-0.05, 0) is 39.0 Å². The van der Waals surface area contributed by atoms with Crippen molar-refractivity contribution in [2.24, 2.45) is 0 Å². The molecule has 0 saturated heterocycles. The van der Waals surface area contributed by atoms with Gasteiger partial charge in [-0.25, -0.2) is 18.4 Å². The maximum Gasteiger partial charge on any atom is 0.151 e. The van der Waals surface area contributed by atoms with Crippen molar-refractivity contribution in [3.8, 4) is 11.1 Å². The summed E-state index contributed by atoms with van der Waals surface area (Å²) in [5, 5.41) is 5.48. The van der Waals surface area contributed by atoms with E-state index >= 15 is 0 Å². The Morgan fingerprint density at radius 3 is 2.77 bits per heavy atom. The summed E-state index contributed by atoms with van der Waals surface area (Å²) < 4.78 is 17.2. The van der Waals surface area contributed by atoms with Gasteiger partial charge < -0.3 is 5.73 Å². The number of pyridine rings is 1. The number of nitrogens with two attached hydrogens (primary N) is 1. The zero-order chi connectivity index (χ0) is 22.2. The largest absolute Gasteiger partial charge is 0.382 e. The summed E-state index contributed by atoms with van der Waals surface area (Å²) in [5.41, 5.74) is 10.7. The summed E-state index contributed by atoms with van der Waals surface area (Å²) >= 11 is 0. The van der Waals surface area contributed by atoms with Gasteiger partial charge in [-0.1, -0.05) is 24.3 Å². The van der Waals surface area contributed by atoms with Gasteiger partial charge in [-0.3, -0.25) is 4.98 Å². The first kappa shape index (κ1) is 21.1. The van der Waals surface area contributed by atoms with E-state index in [1.54, 1.807) is 10.6 Å². The van der Waals surface area contributed by atoms with E-state index in [2.05, 4.69) is 32.4 Å². The number of anilines is 1. The Morgan fingerprint density at radius 2 is 2.03 bits per heavy atom. The summed E-state index contributed by atoms with van der Waals surface area (Å²) in [6.07, 6.45) is 5.60. The monoisotopic (exact) mass is 434 g/mol. The molecule has 0 aliphatic carbocycles. The Balaban J connectivity index is 1.78. The van der Waals surface area contributed by atoms with Crippen LogP contribution in [-0.4, -0.2) is 34.6 Å². The molecule has 3 N–H and O–H groups in total. The van der Waals surface area contributed by atoms with Crippen LogP contribution in [0.4, 0.5) is 5.82 Å². The summed E-state index contributed by atoms with van der Waals surface area (Å²) in [6.45, 7) is 9.71. The maximum absolute atomic E-state index is 12.6. The second kappa shape index (κ2) is 8.20. The van der Waals surface area contributed by atoms with Crippen molar-refractivity contribution in [2.45, 2.75) is 38.0 Å². The summed E-state index contributed by atoms with van der Waals surface area (Å²) in [5.74, 6) is 0.394. The molecular weight excluding hydrogens is 408 g/mol. The first-order valence-corrected chi connectivity index (χ1v) is 11.2. The van der Waals surface area contributed by atoms with Crippen LogP contribution in [0, 0.1) is 0 Å². The van der Waals surface area contributed by atoms with Gasteiger partial charge in [-0.2, -0.15) is 5.10 Å². The zero-order valence-electron chi connectivity index (χ0n) is 17.9. The van der Waals surface area contributed by atoms with Crippen LogP contribution in [0.3, 0.4) is 0 Å². The first-order chi connectivity index (χ1) is 14.8. The van der Waals surface area contributed by atoms with Crippen LogP contribution in [0.15, 0.2) is 61.6 Å². The van der Waals surface area contributed by atoms with Crippen molar-refractivity contribution in [3.05, 3.63) is 67.3 Å². The number of benzene rings is 1. The van der Waals surface area contributed by atoms with Gasteiger partial charge in [0.2, 0.25) is 0 Å². The van der Waals surface area contributed by atoms with Crippen LogP contribution in [0.5, 0.6) is 0 Å². The highest BCUT2D eigenvalue weighted by Crippen LogP contribution is 2.32. The van der Waals surface area contributed by atoms with Crippen molar-refractivity contribution >= 4 is 33.2 Å². The minimum atomic E-state index is -1.22. The Morgan fingerprint density at radius 1 is 1.26 bits per heavy atom. The molecule has 2 atom stereocenters. The highest BCUT2D eigenvalue weighted by molar-refractivity contribution is 7.84. The fraction of sp³-hybridized carbons (Fsp3) is 0.261. The zero-order valence-corrected chi connectivity index (χ0v) is 18.7. The van der Waals surface area contributed by atoms with E-state index in [4.69, 9.17) is 5.73 Å². The molecule has 31 heavy (non-hydrogen) atoms. The van der Waals surface area contributed by atoms with E-state index in [9.17, 15) is 4.21 Å².